The quantitative estimate of drug-likeness (QED) is 0.721. The number of rotatable bonds is 7. The first-order valence-corrected chi connectivity index (χ1v) is 9.17. The lowest BCUT2D eigenvalue weighted by Crippen LogP contribution is -2.14. The van der Waals surface area contributed by atoms with Crippen LogP contribution in [0, 0.1) is 5.92 Å². The van der Waals surface area contributed by atoms with Gasteiger partial charge in [-0.1, -0.05) is 6.07 Å². The molecule has 0 saturated heterocycles. The molecular weight excluding hydrogens is 316 g/mol. The van der Waals surface area contributed by atoms with Crippen molar-refractivity contribution in [1.29, 1.82) is 0 Å². The van der Waals surface area contributed by atoms with Crippen LogP contribution < -0.4 is 5.32 Å². The standard InChI is InChI=1S/C19H24N4O2/c24-18(25)10-13-9-16(13)17-11-15(22-23-17)5-1-4-14-7-6-12-3-2-8-20-19(12)21-14/h6-7,11,13,16H,1-5,8-10H2,(H,20,21)(H,22,23)(H,24,25). The fourth-order valence-electron chi connectivity index (χ4n) is 3.73. The van der Waals surface area contributed by atoms with Crippen LogP contribution >= 0.6 is 0 Å². The van der Waals surface area contributed by atoms with Crippen molar-refractivity contribution in [2.45, 2.75) is 50.9 Å². The Morgan fingerprint density at radius 2 is 2.24 bits per heavy atom. The number of fused-ring (bicyclic) bond motifs is 1. The predicted molar refractivity (Wildman–Crippen MR) is 94.8 cm³/mol. The van der Waals surface area contributed by atoms with Crippen LogP contribution in [0.3, 0.4) is 0 Å². The number of aromatic amines is 1. The Hall–Kier alpha value is -2.37. The minimum atomic E-state index is -0.713. The van der Waals surface area contributed by atoms with Gasteiger partial charge in [-0.3, -0.25) is 9.89 Å². The second-order valence-corrected chi connectivity index (χ2v) is 7.21. The maximum atomic E-state index is 10.8. The molecular formula is C19H24N4O2. The number of anilines is 1. The summed E-state index contributed by atoms with van der Waals surface area (Å²) >= 11 is 0. The van der Waals surface area contributed by atoms with E-state index >= 15 is 0 Å². The van der Waals surface area contributed by atoms with Crippen LogP contribution in [0.4, 0.5) is 5.82 Å². The predicted octanol–water partition coefficient (Wildman–Crippen LogP) is 2.92. The lowest BCUT2D eigenvalue weighted by molar-refractivity contribution is -0.137. The first kappa shape index (κ1) is 16.1. The number of carboxylic acids is 1. The number of hydrogen-bond acceptors (Lipinski definition) is 4. The maximum Gasteiger partial charge on any atom is 0.303 e. The smallest absolute Gasteiger partial charge is 0.303 e. The van der Waals surface area contributed by atoms with Crippen molar-refractivity contribution in [3.05, 3.63) is 40.8 Å². The normalized spacial score (nSPS) is 21.4. The number of carboxylic acid groups (broad SMARTS) is 1. The van der Waals surface area contributed by atoms with Crippen LogP contribution in [0.5, 0.6) is 0 Å². The van der Waals surface area contributed by atoms with Crippen LogP contribution in [0.15, 0.2) is 18.2 Å². The van der Waals surface area contributed by atoms with Gasteiger partial charge in [-0.05, 0) is 62.1 Å². The van der Waals surface area contributed by atoms with E-state index in [4.69, 9.17) is 10.1 Å². The summed E-state index contributed by atoms with van der Waals surface area (Å²) in [5.74, 6) is 0.941. The first-order chi connectivity index (χ1) is 12.2. The van der Waals surface area contributed by atoms with Crippen molar-refractivity contribution in [3.8, 4) is 0 Å². The van der Waals surface area contributed by atoms with Gasteiger partial charge < -0.3 is 10.4 Å². The van der Waals surface area contributed by atoms with E-state index in [1.165, 1.54) is 12.0 Å². The number of aryl methyl sites for hydroxylation is 3. The topological polar surface area (TPSA) is 90.9 Å². The molecule has 1 aliphatic heterocycles. The minimum Gasteiger partial charge on any atom is -0.481 e. The Kier molecular flexibility index (Phi) is 4.42. The molecule has 0 radical (unpaired) electrons. The molecule has 2 aromatic rings. The number of aliphatic carboxylic acids is 1. The average molecular weight is 340 g/mol. The van der Waals surface area contributed by atoms with Gasteiger partial charge >= 0.3 is 5.97 Å². The Labute approximate surface area is 147 Å². The molecule has 6 nitrogen and oxygen atoms in total. The molecule has 0 aromatic carbocycles. The molecule has 3 N–H and O–H groups in total. The van der Waals surface area contributed by atoms with Gasteiger partial charge in [-0.25, -0.2) is 4.98 Å². The molecule has 2 unspecified atom stereocenters. The largest absolute Gasteiger partial charge is 0.481 e. The first-order valence-electron chi connectivity index (χ1n) is 9.17. The van der Waals surface area contributed by atoms with E-state index in [-0.39, 0.29) is 12.3 Å². The molecule has 1 fully saturated rings. The van der Waals surface area contributed by atoms with E-state index in [0.717, 1.165) is 61.5 Å². The molecule has 2 atom stereocenters. The number of aromatic nitrogens is 3. The number of pyridine rings is 1. The lowest BCUT2D eigenvalue weighted by Gasteiger charge is -2.17. The number of nitrogens with one attached hydrogen (secondary N) is 2. The second-order valence-electron chi connectivity index (χ2n) is 7.21. The SMILES string of the molecule is O=C(O)CC1CC1c1cc(CCCc2ccc3c(n2)NCCC3)[nH]n1. The average Bonchev–Trinajstić information content (AvgIpc) is 3.19. The van der Waals surface area contributed by atoms with Crippen LogP contribution in [0.25, 0.3) is 0 Å². The molecule has 0 amide bonds. The molecule has 2 aromatic heterocycles. The summed E-state index contributed by atoms with van der Waals surface area (Å²) in [4.78, 5) is 15.5. The summed E-state index contributed by atoms with van der Waals surface area (Å²) < 4.78 is 0. The fraction of sp³-hybridized carbons (Fsp3) is 0.526. The molecule has 1 aliphatic carbocycles. The molecule has 0 bridgehead atoms. The zero-order valence-electron chi connectivity index (χ0n) is 14.3. The highest BCUT2D eigenvalue weighted by Crippen LogP contribution is 2.48. The van der Waals surface area contributed by atoms with Gasteiger partial charge in [0.15, 0.2) is 0 Å². The Morgan fingerprint density at radius 1 is 1.32 bits per heavy atom. The number of H-pyrrole nitrogens is 1. The molecule has 6 heteroatoms. The van der Waals surface area contributed by atoms with Crippen molar-refractivity contribution in [1.82, 2.24) is 15.2 Å². The van der Waals surface area contributed by atoms with Gasteiger partial charge in [0.1, 0.15) is 5.82 Å². The molecule has 0 spiro atoms. The van der Waals surface area contributed by atoms with Crippen LogP contribution in [0.2, 0.25) is 0 Å². The maximum absolute atomic E-state index is 10.8. The van der Waals surface area contributed by atoms with Crippen molar-refractivity contribution in [2.75, 3.05) is 11.9 Å². The summed E-state index contributed by atoms with van der Waals surface area (Å²) in [5.41, 5.74) is 4.62. The number of carbonyl (C=O) groups is 1. The summed E-state index contributed by atoms with van der Waals surface area (Å²) in [5, 5.41) is 19.7. The molecule has 2 aliphatic rings. The Bertz CT molecular complexity index is 771. The Morgan fingerprint density at radius 3 is 3.12 bits per heavy atom. The monoisotopic (exact) mass is 340 g/mol. The summed E-state index contributed by atoms with van der Waals surface area (Å²) in [6, 6.07) is 6.45. The van der Waals surface area contributed by atoms with E-state index in [1.54, 1.807) is 0 Å². The molecule has 4 rings (SSSR count). The molecule has 132 valence electrons. The third kappa shape index (κ3) is 3.83. The summed E-state index contributed by atoms with van der Waals surface area (Å²) in [7, 11) is 0. The van der Waals surface area contributed by atoms with Gasteiger partial charge in [0.2, 0.25) is 0 Å². The highest BCUT2D eigenvalue weighted by Gasteiger charge is 2.41. The van der Waals surface area contributed by atoms with E-state index in [1.807, 2.05) is 0 Å². The van der Waals surface area contributed by atoms with Crippen LogP contribution in [0.1, 0.15) is 54.2 Å². The van der Waals surface area contributed by atoms with E-state index in [2.05, 4.69) is 33.7 Å². The van der Waals surface area contributed by atoms with Gasteiger partial charge in [-0.2, -0.15) is 5.10 Å². The third-order valence-electron chi connectivity index (χ3n) is 5.22. The highest BCUT2D eigenvalue weighted by atomic mass is 16.4. The van der Waals surface area contributed by atoms with Gasteiger partial charge in [-0.15, -0.1) is 0 Å². The molecule has 25 heavy (non-hydrogen) atoms. The fourth-order valence-corrected chi connectivity index (χ4v) is 3.73. The van der Waals surface area contributed by atoms with E-state index in [9.17, 15) is 4.79 Å². The van der Waals surface area contributed by atoms with Crippen molar-refractivity contribution in [2.24, 2.45) is 5.92 Å². The number of hydrogen-bond donors (Lipinski definition) is 3. The highest BCUT2D eigenvalue weighted by molar-refractivity contribution is 5.67. The molecule has 1 saturated carbocycles. The van der Waals surface area contributed by atoms with Crippen LogP contribution in [-0.4, -0.2) is 32.8 Å². The lowest BCUT2D eigenvalue weighted by atomic mass is 10.1. The van der Waals surface area contributed by atoms with E-state index < -0.39 is 5.97 Å². The number of nitrogens with zero attached hydrogens (tertiary/aromatic N) is 2. The van der Waals surface area contributed by atoms with Crippen LogP contribution in [-0.2, 0) is 24.1 Å². The minimum absolute atomic E-state index is 0.255. The van der Waals surface area contributed by atoms with Crippen molar-refractivity contribution >= 4 is 11.8 Å². The zero-order valence-corrected chi connectivity index (χ0v) is 14.3. The summed E-state index contributed by atoms with van der Waals surface area (Å²) in [6.45, 7) is 1.02. The second kappa shape index (κ2) is 6.86. The summed E-state index contributed by atoms with van der Waals surface area (Å²) in [6.07, 6.45) is 6.43. The van der Waals surface area contributed by atoms with Gasteiger partial charge in [0.25, 0.3) is 0 Å². The molecule has 3 heterocycles. The Balaban J connectivity index is 1.27. The zero-order chi connectivity index (χ0) is 17.2. The van der Waals surface area contributed by atoms with Gasteiger partial charge in [0.05, 0.1) is 5.69 Å². The van der Waals surface area contributed by atoms with Gasteiger partial charge in [0, 0.05) is 30.3 Å². The third-order valence-corrected chi connectivity index (χ3v) is 5.22. The van der Waals surface area contributed by atoms with E-state index in [0.29, 0.717) is 5.92 Å². The van der Waals surface area contributed by atoms with Crippen molar-refractivity contribution < 1.29 is 9.90 Å². The van der Waals surface area contributed by atoms with Crippen molar-refractivity contribution in [3.63, 3.8) is 0 Å².